The minimum absolute atomic E-state index is 0.00217. The van der Waals surface area contributed by atoms with Crippen LogP contribution in [-0.4, -0.2) is 49.7 Å². The monoisotopic (exact) mass is 358 g/mol. The normalized spacial score (nSPS) is 17.3. The Morgan fingerprint density at radius 1 is 1.40 bits per heavy atom. The van der Waals surface area contributed by atoms with E-state index in [2.05, 4.69) is 15.0 Å². The van der Waals surface area contributed by atoms with Crippen LogP contribution in [-0.2, 0) is 0 Å². The quantitative estimate of drug-likeness (QED) is 0.692. The average molecular weight is 358 g/mol. The van der Waals surface area contributed by atoms with Crippen LogP contribution in [0.1, 0.15) is 16.8 Å². The maximum atomic E-state index is 12.4. The van der Waals surface area contributed by atoms with Gasteiger partial charge in [-0.1, -0.05) is 0 Å². The standard InChI is InChI=1S/C15H14N6O3S/c16-8-1-3-20(6-8)10-5-18-11-12(22)9(14(23)24)7-21(13(11)19-10)15-17-2-4-25-15/h2,4-5,7-8H,1,3,6,16H2,(H,23,24). The minimum Gasteiger partial charge on any atom is -0.477 e. The largest absolute Gasteiger partial charge is 0.477 e. The number of carboxylic acids is 1. The highest BCUT2D eigenvalue weighted by Crippen LogP contribution is 2.21. The molecule has 128 valence electrons. The first-order chi connectivity index (χ1) is 12.0. The van der Waals surface area contributed by atoms with E-state index in [4.69, 9.17) is 5.73 Å². The van der Waals surface area contributed by atoms with Gasteiger partial charge in [-0.05, 0) is 6.42 Å². The Kier molecular flexibility index (Phi) is 3.70. The van der Waals surface area contributed by atoms with Crippen molar-refractivity contribution in [3.05, 3.63) is 39.8 Å². The first-order valence-corrected chi connectivity index (χ1v) is 8.48. The maximum absolute atomic E-state index is 12.4. The number of fused-ring (bicyclic) bond motifs is 1. The molecule has 1 aliphatic heterocycles. The van der Waals surface area contributed by atoms with Crippen molar-refractivity contribution in [3.63, 3.8) is 0 Å². The van der Waals surface area contributed by atoms with Crippen molar-refractivity contribution < 1.29 is 9.90 Å². The Morgan fingerprint density at radius 3 is 2.88 bits per heavy atom. The molecule has 1 fully saturated rings. The molecule has 0 radical (unpaired) electrons. The molecule has 10 heteroatoms. The number of hydrogen-bond acceptors (Lipinski definition) is 8. The van der Waals surface area contributed by atoms with Gasteiger partial charge in [-0.25, -0.2) is 19.7 Å². The number of anilines is 1. The first kappa shape index (κ1) is 15.7. The van der Waals surface area contributed by atoms with Crippen molar-refractivity contribution >= 4 is 34.3 Å². The number of hydrogen-bond donors (Lipinski definition) is 2. The number of aromatic carboxylic acids is 1. The molecule has 1 aliphatic rings. The molecule has 1 atom stereocenters. The number of pyridine rings is 1. The van der Waals surface area contributed by atoms with Crippen LogP contribution in [0.2, 0.25) is 0 Å². The molecule has 3 N–H and O–H groups in total. The molecule has 0 amide bonds. The van der Waals surface area contributed by atoms with E-state index in [-0.39, 0.29) is 22.8 Å². The lowest BCUT2D eigenvalue weighted by Gasteiger charge is -2.17. The lowest BCUT2D eigenvalue weighted by molar-refractivity contribution is 0.0695. The number of carboxylic acid groups (broad SMARTS) is 1. The molecule has 0 spiro atoms. The lowest BCUT2D eigenvalue weighted by atomic mass is 10.2. The van der Waals surface area contributed by atoms with Gasteiger partial charge in [0.1, 0.15) is 11.4 Å². The van der Waals surface area contributed by atoms with Gasteiger partial charge in [0.05, 0.1) is 6.20 Å². The van der Waals surface area contributed by atoms with Gasteiger partial charge in [0, 0.05) is 36.9 Å². The third-order valence-electron chi connectivity index (χ3n) is 4.09. The maximum Gasteiger partial charge on any atom is 0.341 e. The van der Waals surface area contributed by atoms with Crippen molar-refractivity contribution in [2.45, 2.75) is 12.5 Å². The van der Waals surface area contributed by atoms with E-state index in [1.165, 1.54) is 28.3 Å². The molecule has 0 aromatic carbocycles. The Labute approximate surface area is 145 Å². The first-order valence-electron chi connectivity index (χ1n) is 7.60. The van der Waals surface area contributed by atoms with Crippen LogP contribution in [0.5, 0.6) is 0 Å². The van der Waals surface area contributed by atoms with Gasteiger partial charge in [0.25, 0.3) is 0 Å². The fourth-order valence-electron chi connectivity index (χ4n) is 2.86. The fourth-order valence-corrected chi connectivity index (χ4v) is 3.47. The van der Waals surface area contributed by atoms with Gasteiger partial charge < -0.3 is 15.7 Å². The van der Waals surface area contributed by atoms with Crippen molar-refractivity contribution in [1.82, 2.24) is 19.5 Å². The summed E-state index contributed by atoms with van der Waals surface area (Å²) >= 11 is 1.31. The van der Waals surface area contributed by atoms with Crippen LogP contribution in [0, 0.1) is 0 Å². The van der Waals surface area contributed by atoms with Gasteiger partial charge >= 0.3 is 5.97 Å². The molecular formula is C15H14N6O3S. The van der Waals surface area contributed by atoms with Crippen LogP contribution < -0.4 is 16.1 Å². The number of thiazole rings is 1. The molecule has 4 rings (SSSR count). The number of aromatic nitrogens is 4. The van der Waals surface area contributed by atoms with E-state index in [1.54, 1.807) is 11.6 Å². The fraction of sp³-hybridized carbons (Fsp3) is 0.267. The second kappa shape index (κ2) is 5.90. The van der Waals surface area contributed by atoms with Crippen molar-refractivity contribution in [2.75, 3.05) is 18.0 Å². The van der Waals surface area contributed by atoms with Crippen LogP contribution >= 0.6 is 11.3 Å². The smallest absolute Gasteiger partial charge is 0.341 e. The van der Waals surface area contributed by atoms with Gasteiger partial charge in [-0.2, -0.15) is 0 Å². The highest BCUT2D eigenvalue weighted by molar-refractivity contribution is 7.12. The second-order valence-electron chi connectivity index (χ2n) is 5.76. The van der Waals surface area contributed by atoms with E-state index in [0.717, 1.165) is 13.0 Å². The van der Waals surface area contributed by atoms with Gasteiger partial charge in [-0.3, -0.25) is 9.36 Å². The topological polar surface area (TPSA) is 127 Å². The molecule has 4 heterocycles. The SMILES string of the molecule is NC1CCN(c2cnc3c(=O)c(C(=O)O)cn(-c4nccs4)c3n2)C1. The summed E-state index contributed by atoms with van der Waals surface area (Å²) in [5.74, 6) is -0.707. The second-order valence-corrected chi connectivity index (χ2v) is 6.63. The molecule has 0 saturated carbocycles. The van der Waals surface area contributed by atoms with Gasteiger partial charge in [0.15, 0.2) is 16.3 Å². The number of nitrogens with two attached hydrogens (primary N) is 1. The van der Waals surface area contributed by atoms with Crippen LogP contribution in [0.25, 0.3) is 16.3 Å². The van der Waals surface area contributed by atoms with E-state index in [9.17, 15) is 14.7 Å². The zero-order valence-corrected chi connectivity index (χ0v) is 13.8. The third kappa shape index (κ3) is 2.65. The van der Waals surface area contributed by atoms with Crippen molar-refractivity contribution in [2.24, 2.45) is 5.73 Å². The molecular weight excluding hydrogens is 344 g/mol. The summed E-state index contributed by atoms with van der Waals surface area (Å²) in [5.41, 5.74) is 5.20. The Bertz CT molecular complexity index is 1020. The highest BCUT2D eigenvalue weighted by Gasteiger charge is 2.23. The Balaban J connectivity index is 1.97. The predicted molar refractivity (Wildman–Crippen MR) is 92.6 cm³/mol. The molecule has 25 heavy (non-hydrogen) atoms. The zero-order chi connectivity index (χ0) is 17.6. The third-order valence-corrected chi connectivity index (χ3v) is 4.86. The molecule has 3 aromatic heterocycles. The van der Waals surface area contributed by atoms with Gasteiger partial charge in [0.2, 0.25) is 5.43 Å². The van der Waals surface area contributed by atoms with E-state index < -0.39 is 11.4 Å². The molecule has 0 bridgehead atoms. The summed E-state index contributed by atoms with van der Waals surface area (Å²) in [6.45, 7) is 1.42. The van der Waals surface area contributed by atoms with Crippen LogP contribution in [0.15, 0.2) is 28.8 Å². The summed E-state index contributed by atoms with van der Waals surface area (Å²) in [6, 6.07) is 0.0769. The Hall–Kier alpha value is -2.85. The van der Waals surface area contributed by atoms with Crippen molar-refractivity contribution in [3.8, 4) is 5.13 Å². The summed E-state index contributed by atoms with van der Waals surface area (Å²) in [5, 5.41) is 11.6. The summed E-state index contributed by atoms with van der Waals surface area (Å²) in [4.78, 5) is 38.8. The van der Waals surface area contributed by atoms with E-state index in [0.29, 0.717) is 17.5 Å². The molecule has 3 aromatic rings. The summed E-state index contributed by atoms with van der Waals surface area (Å²) in [7, 11) is 0. The minimum atomic E-state index is -1.31. The predicted octanol–water partition coefficient (Wildman–Crippen LogP) is 0.473. The number of carbonyl (C=O) groups is 1. The molecule has 1 unspecified atom stereocenters. The molecule has 0 aliphatic carbocycles. The Morgan fingerprint density at radius 2 is 2.24 bits per heavy atom. The zero-order valence-electron chi connectivity index (χ0n) is 13.0. The number of rotatable bonds is 3. The summed E-state index contributed by atoms with van der Waals surface area (Å²) < 4.78 is 1.50. The van der Waals surface area contributed by atoms with Crippen LogP contribution in [0.3, 0.4) is 0 Å². The average Bonchev–Trinajstić information content (AvgIpc) is 3.26. The highest BCUT2D eigenvalue weighted by atomic mass is 32.1. The lowest BCUT2D eigenvalue weighted by Crippen LogP contribution is -2.27. The molecule has 1 saturated heterocycles. The van der Waals surface area contributed by atoms with E-state index >= 15 is 0 Å². The van der Waals surface area contributed by atoms with Crippen LogP contribution in [0.4, 0.5) is 5.82 Å². The van der Waals surface area contributed by atoms with Crippen molar-refractivity contribution in [1.29, 1.82) is 0 Å². The molecule has 9 nitrogen and oxygen atoms in total. The summed E-state index contributed by atoms with van der Waals surface area (Å²) in [6.07, 6.45) is 5.19. The van der Waals surface area contributed by atoms with Gasteiger partial charge in [-0.15, -0.1) is 11.3 Å². The van der Waals surface area contributed by atoms with E-state index in [1.807, 2.05) is 4.90 Å². The number of nitrogens with zero attached hydrogens (tertiary/aromatic N) is 5.